The van der Waals surface area contributed by atoms with E-state index in [9.17, 15) is 4.79 Å². The van der Waals surface area contributed by atoms with Crippen LogP contribution < -0.4 is 5.32 Å². The Morgan fingerprint density at radius 1 is 1.33 bits per heavy atom. The van der Waals surface area contributed by atoms with Crippen LogP contribution in [0.15, 0.2) is 36.4 Å². The van der Waals surface area contributed by atoms with Gasteiger partial charge in [-0.2, -0.15) is 5.10 Å². The number of benzene rings is 1. The summed E-state index contributed by atoms with van der Waals surface area (Å²) in [5, 5.41) is 7.35. The minimum atomic E-state index is -0.184. The summed E-state index contributed by atoms with van der Waals surface area (Å²) in [6.07, 6.45) is 0.936. The van der Waals surface area contributed by atoms with Gasteiger partial charge in [0.25, 0.3) is 0 Å². The third-order valence-electron chi connectivity index (χ3n) is 3.04. The number of rotatable bonds is 6. The first-order valence-corrected chi connectivity index (χ1v) is 7.59. The molecule has 5 heteroatoms. The van der Waals surface area contributed by atoms with Gasteiger partial charge in [-0.15, -0.1) is 11.6 Å². The molecule has 0 aliphatic heterocycles. The normalized spacial score (nSPS) is 10.9. The van der Waals surface area contributed by atoms with Crippen LogP contribution >= 0.6 is 11.6 Å². The lowest BCUT2D eigenvalue weighted by molar-refractivity contribution is -0.118. The quantitative estimate of drug-likeness (QED) is 0.834. The predicted molar refractivity (Wildman–Crippen MR) is 84.7 cm³/mol. The molecule has 0 spiro atoms. The minimum Gasteiger partial charge on any atom is -0.349 e. The fourth-order valence-electron chi connectivity index (χ4n) is 2.15. The fourth-order valence-corrected chi connectivity index (χ4v) is 2.25. The third-order valence-corrected chi connectivity index (χ3v) is 3.28. The van der Waals surface area contributed by atoms with Crippen molar-refractivity contribution in [2.45, 2.75) is 26.8 Å². The Hall–Kier alpha value is -1.81. The van der Waals surface area contributed by atoms with Gasteiger partial charge < -0.3 is 5.32 Å². The molecular formula is C16H20ClN3O. The van der Waals surface area contributed by atoms with Crippen molar-refractivity contribution in [3.8, 4) is 5.69 Å². The second-order valence-corrected chi connectivity index (χ2v) is 5.65. The van der Waals surface area contributed by atoms with Gasteiger partial charge in [-0.25, -0.2) is 4.68 Å². The number of halogens is 1. The zero-order valence-corrected chi connectivity index (χ0v) is 13.1. The summed E-state index contributed by atoms with van der Waals surface area (Å²) in [7, 11) is 0. The number of alkyl halides is 1. The number of amides is 1. The maximum atomic E-state index is 11.2. The molecule has 0 atom stereocenters. The van der Waals surface area contributed by atoms with Gasteiger partial charge in [0.2, 0.25) is 5.91 Å². The van der Waals surface area contributed by atoms with Gasteiger partial charge in [0.05, 0.1) is 17.9 Å². The van der Waals surface area contributed by atoms with E-state index in [4.69, 9.17) is 11.6 Å². The van der Waals surface area contributed by atoms with Crippen molar-refractivity contribution >= 4 is 17.5 Å². The maximum absolute atomic E-state index is 11.2. The van der Waals surface area contributed by atoms with Gasteiger partial charge in [-0.05, 0) is 30.5 Å². The van der Waals surface area contributed by atoms with Crippen molar-refractivity contribution in [3.63, 3.8) is 0 Å². The van der Waals surface area contributed by atoms with E-state index in [0.29, 0.717) is 12.5 Å². The number of hydrogen-bond donors (Lipinski definition) is 1. The molecule has 2 aromatic rings. The summed E-state index contributed by atoms with van der Waals surface area (Å²) in [5.41, 5.74) is 3.02. The highest BCUT2D eigenvalue weighted by atomic mass is 35.5. The van der Waals surface area contributed by atoms with Crippen LogP contribution in [0.1, 0.15) is 25.2 Å². The molecule has 0 saturated heterocycles. The van der Waals surface area contributed by atoms with Gasteiger partial charge in [0, 0.05) is 5.69 Å². The van der Waals surface area contributed by atoms with E-state index >= 15 is 0 Å². The van der Waals surface area contributed by atoms with E-state index < -0.39 is 0 Å². The number of aromatic nitrogens is 2. The zero-order valence-electron chi connectivity index (χ0n) is 12.3. The summed E-state index contributed by atoms with van der Waals surface area (Å²) < 4.78 is 1.95. The smallest absolute Gasteiger partial charge is 0.235 e. The van der Waals surface area contributed by atoms with Crippen molar-refractivity contribution < 1.29 is 4.79 Å². The van der Waals surface area contributed by atoms with Crippen LogP contribution in [0.4, 0.5) is 0 Å². The van der Waals surface area contributed by atoms with Crippen LogP contribution in [0.25, 0.3) is 5.69 Å². The van der Waals surface area contributed by atoms with Crippen molar-refractivity contribution in [1.29, 1.82) is 0 Å². The predicted octanol–water partition coefficient (Wildman–Crippen LogP) is 2.93. The van der Waals surface area contributed by atoms with Crippen molar-refractivity contribution in [2.24, 2.45) is 5.92 Å². The molecule has 1 aromatic carbocycles. The van der Waals surface area contributed by atoms with Crippen molar-refractivity contribution in [2.75, 3.05) is 5.88 Å². The van der Waals surface area contributed by atoms with E-state index in [1.54, 1.807) is 0 Å². The van der Waals surface area contributed by atoms with Gasteiger partial charge >= 0.3 is 0 Å². The largest absolute Gasteiger partial charge is 0.349 e. The molecule has 0 aliphatic rings. The van der Waals surface area contributed by atoms with Crippen LogP contribution in [-0.4, -0.2) is 21.6 Å². The van der Waals surface area contributed by atoms with Crippen molar-refractivity contribution in [1.82, 2.24) is 15.1 Å². The first-order chi connectivity index (χ1) is 10.1. The van der Waals surface area contributed by atoms with Crippen LogP contribution in [0.2, 0.25) is 0 Å². The van der Waals surface area contributed by atoms with Crippen LogP contribution in [0.3, 0.4) is 0 Å². The fraction of sp³-hybridized carbons (Fsp3) is 0.375. The molecule has 4 nitrogen and oxygen atoms in total. The third kappa shape index (κ3) is 4.33. The highest BCUT2D eigenvalue weighted by Crippen LogP contribution is 2.16. The van der Waals surface area contributed by atoms with Crippen LogP contribution in [0.5, 0.6) is 0 Å². The zero-order chi connectivity index (χ0) is 15.2. The Morgan fingerprint density at radius 2 is 2.05 bits per heavy atom. The Balaban J connectivity index is 2.25. The minimum absolute atomic E-state index is 0.0295. The molecule has 1 aromatic heterocycles. The number of para-hydroxylation sites is 1. The summed E-state index contributed by atoms with van der Waals surface area (Å²) in [6.45, 7) is 4.75. The van der Waals surface area contributed by atoms with E-state index in [1.165, 1.54) is 0 Å². The first-order valence-electron chi connectivity index (χ1n) is 7.06. The van der Waals surface area contributed by atoms with E-state index in [2.05, 4.69) is 24.3 Å². The molecule has 1 heterocycles. The van der Waals surface area contributed by atoms with Gasteiger partial charge in [-0.1, -0.05) is 32.0 Å². The van der Waals surface area contributed by atoms with Crippen LogP contribution in [-0.2, 0) is 17.8 Å². The maximum Gasteiger partial charge on any atom is 0.235 e. The van der Waals surface area contributed by atoms with E-state index in [-0.39, 0.29) is 11.8 Å². The standard InChI is InChI=1S/C16H20ClN3O/c1-12(2)8-15-9-13(11-18-16(21)10-17)19-20(15)14-6-4-3-5-7-14/h3-7,9,12H,8,10-11H2,1-2H3,(H,18,21). The topological polar surface area (TPSA) is 46.9 Å². The highest BCUT2D eigenvalue weighted by Gasteiger charge is 2.11. The molecule has 2 rings (SSSR count). The molecule has 0 fully saturated rings. The summed E-state index contributed by atoms with van der Waals surface area (Å²) >= 11 is 5.48. The van der Waals surface area contributed by atoms with Crippen molar-refractivity contribution in [3.05, 3.63) is 47.8 Å². The average molecular weight is 306 g/mol. The number of carbonyl (C=O) groups excluding carboxylic acids is 1. The number of nitrogens with one attached hydrogen (secondary N) is 1. The Morgan fingerprint density at radius 3 is 2.67 bits per heavy atom. The Labute approximate surface area is 130 Å². The molecule has 0 saturated carbocycles. The first kappa shape index (κ1) is 15.6. The molecule has 21 heavy (non-hydrogen) atoms. The monoisotopic (exact) mass is 305 g/mol. The summed E-state index contributed by atoms with van der Waals surface area (Å²) in [5.74, 6) is 0.323. The van der Waals surface area contributed by atoms with E-state index in [0.717, 1.165) is 23.5 Å². The Kier molecular flexibility index (Phi) is 5.39. The molecular weight excluding hydrogens is 286 g/mol. The lowest BCUT2D eigenvalue weighted by atomic mass is 10.1. The van der Waals surface area contributed by atoms with Gasteiger partial charge in [0.15, 0.2) is 0 Å². The molecule has 1 amide bonds. The second kappa shape index (κ2) is 7.27. The van der Waals surface area contributed by atoms with Gasteiger partial charge in [-0.3, -0.25) is 4.79 Å². The van der Waals surface area contributed by atoms with Gasteiger partial charge in [0.1, 0.15) is 5.88 Å². The number of nitrogens with zero attached hydrogens (tertiary/aromatic N) is 2. The highest BCUT2D eigenvalue weighted by molar-refractivity contribution is 6.27. The lowest BCUT2D eigenvalue weighted by Crippen LogP contribution is -2.23. The molecule has 0 aliphatic carbocycles. The van der Waals surface area contributed by atoms with Crippen LogP contribution in [0, 0.1) is 5.92 Å². The number of hydrogen-bond acceptors (Lipinski definition) is 2. The Bertz CT molecular complexity index is 593. The molecule has 0 unspecified atom stereocenters. The molecule has 0 bridgehead atoms. The SMILES string of the molecule is CC(C)Cc1cc(CNC(=O)CCl)nn1-c1ccccc1. The summed E-state index contributed by atoms with van der Waals surface area (Å²) in [4.78, 5) is 11.2. The average Bonchev–Trinajstić information content (AvgIpc) is 2.87. The molecule has 0 radical (unpaired) electrons. The molecule has 112 valence electrons. The lowest BCUT2D eigenvalue weighted by Gasteiger charge is -2.08. The number of carbonyl (C=O) groups is 1. The second-order valence-electron chi connectivity index (χ2n) is 5.38. The summed E-state index contributed by atoms with van der Waals surface area (Å²) in [6, 6.07) is 12.1. The molecule has 1 N–H and O–H groups in total. The van der Waals surface area contributed by atoms with E-state index in [1.807, 2.05) is 41.1 Å².